The molecule has 7 heteroatoms. The smallest absolute Gasteiger partial charge is 0.242 e. The normalized spacial score (nSPS) is 11.5. The third kappa shape index (κ3) is 2.62. The van der Waals surface area contributed by atoms with Crippen LogP contribution in [0.3, 0.4) is 0 Å². The Morgan fingerprint density at radius 3 is 2.12 bits per heavy atom. The van der Waals surface area contributed by atoms with Crippen LogP contribution in [-0.2, 0) is 10.0 Å². The molecule has 0 aliphatic carbocycles. The van der Waals surface area contributed by atoms with Crippen molar-refractivity contribution in [2.45, 2.75) is 18.7 Å². The highest BCUT2D eigenvalue weighted by Gasteiger charge is 2.22. The molecule has 0 atom stereocenters. The highest BCUT2D eigenvalue weighted by atomic mass is 32.2. The molecule has 0 aliphatic rings. The summed E-state index contributed by atoms with van der Waals surface area (Å²) >= 11 is 0. The van der Waals surface area contributed by atoms with Crippen LogP contribution in [0.1, 0.15) is 13.8 Å². The van der Waals surface area contributed by atoms with Gasteiger partial charge in [0.15, 0.2) is 0 Å². The van der Waals surface area contributed by atoms with Crippen LogP contribution < -0.4 is 21.5 Å². The van der Waals surface area contributed by atoms with E-state index in [0.29, 0.717) is 18.8 Å². The Kier molecular flexibility index (Phi) is 3.84. The molecule has 0 fully saturated rings. The van der Waals surface area contributed by atoms with Crippen LogP contribution in [0.5, 0.6) is 0 Å². The molecule has 0 bridgehead atoms. The topological polar surface area (TPSA) is 115 Å². The minimum atomic E-state index is -3.90. The number of sulfonamides is 1. The molecule has 1 aromatic rings. The maximum atomic E-state index is 11.6. The van der Waals surface area contributed by atoms with Gasteiger partial charge in [-0.25, -0.2) is 13.6 Å². The Morgan fingerprint density at radius 1 is 1.18 bits per heavy atom. The fraction of sp³-hybridized carbons (Fsp3) is 0.400. The van der Waals surface area contributed by atoms with E-state index in [0.717, 1.165) is 0 Å². The lowest BCUT2D eigenvalue weighted by atomic mass is 10.2. The van der Waals surface area contributed by atoms with E-state index in [9.17, 15) is 8.42 Å². The molecule has 17 heavy (non-hydrogen) atoms. The molecule has 0 saturated carbocycles. The van der Waals surface area contributed by atoms with Crippen molar-refractivity contribution in [2.75, 3.05) is 29.5 Å². The molecular weight excluding hydrogens is 240 g/mol. The molecule has 0 saturated heterocycles. The number of nitrogens with two attached hydrogens (primary N) is 3. The van der Waals surface area contributed by atoms with Crippen LogP contribution in [-0.4, -0.2) is 21.5 Å². The third-order valence-corrected chi connectivity index (χ3v) is 3.60. The first-order chi connectivity index (χ1) is 7.82. The van der Waals surface area contributed by atoms with E-state index in [1.54, 1.807) is 12.1 Å². The van der Waals surface area contributed by atoms with Crippen LogP contribution in [0, 0.1) is 0 Å². The largest absolute Gasteiger partial charge is 0.397 e. The van der Waals surface area contributed by atoms with Gasteiger partial charge in [0.1, 0.15) is 4.90 Å². The molecular formula is C10H18N4O2S. The van der Waals surface area contributed by atoms with Gasteiger partial charge < -0.3 is 16.4 Å². The van der Waals surface area contributed by atoms with E-state index >= 15 is 0 Å². The molecule has 6 N–H and O–H groups in total. The van der Waals surface area contributed by atoms with Crippen molar-refractivity contribution < 1.29 is 8.42 Å². The summed E-state index contributed by atoms with van der Waals surface area (Å²) in [5.41, 5.74) is 12.0. The first kappa shape index (κ1) is 13.6. The molecule has 0 amide bonds. The lowest BCUT2D eigenvalue weighted by molar-refractivity contribution is 0.598. The minimum Gasteiger partial charge on any atom is -0.397 e. The molecule has 0 radical (unpaired) electrons. The average molecular weight is 258 g/mol. The molecule has 6 nitrogen and oxygen atoms in total. The van der Waals surface area contributed by atoms with E-state index in [1.807, 2.05) is 18.7 Å². The number of nitrogens with zero attached hydrogens (tertiary/aromatic N) is 1. The standard InChI is InChI=1S/C10H18N4O2S/c1-3-14(4-2)8-6-5-7(11)9(12)10(8)17(13,15)16/h5-6H,3-4,11-12H2,1-2H3,(H2,13,15,16). The third-order valence-electron chi connectivity index (χ3n) is 2.60. The number of hydrogen-bond acceptors (Lipinski definition) is 5. The maximum Gasteiger partial charge on any atom is 0.242 e. The SMILES string of the molecule is CCN(CC)c1ccc(N)c(N)c1S(N)(=O)=O. The minimum absolute atomic E-state index is 0.0110. The van der Waals surface area contributed by atoms with Crippen molar-refractivity contribution in [1.82, 2.24) is 0 Å². The summed E-state index contributed by atoms with van der Waals surface area (Å²) < 4.78 is 23.2. The molecule has 1 rings (SSSR count). The van der Waals surface area contributed by atoms with Crippen molar-refractivity contribution in [1.29, 1.82) is 0 Å². The van der Waals surface area contributed by atoms with Crippen molar-refractivity contribution in [3.63, 3.8) is 0 Å². The predicted octanol–water partition coefficient (Wildman–Crippen LogP) is 0.345. The molecule has 0 aromatic heterocycles. The molecule has 96 valence electrons. The summed E-state index contributed by atoms with van der Waals surface area (Å²) in [5, 5.41) is 5.18. The number of rotatable bonds is 4. The van der Waals surface area contributed by atoms with Gasteiger partial charge in [-0.1, -0.05) is 0 Å². The highest BCUT2D eigenvalue weighted by molar-refractivity contribution is 7.89. The Balaban J connectivity index is 3.57. The molecule has 0 heterocycles. The van der Waals surface area contributed by atoms with Gasteiger partial charge in [0.2, 0.25) is 10.0 Å². The van der Waals surface area contributed by atoms with Crippen LogP contribution in [0.2, 0.25) is 0 Å². The van der Waals surface area contributed by atoms with Crippen LogP contribution in [0.15, 0.2) is 17.0 Å². The lowest BCUT2D eigenvalue weighted by Gasteiger charge is -2.24. The molecule has 0 aliphatic heterocycles. The molecule has 0 spiro atoms. The van der Waals surface area contributed by atoms with Crippen molar-refractivity contribution in [2.24, 2.45) is 5.14 Å². The summed E-state index contributed by atoms with van der Waals surface area (Å²) in [5.74, 6) is 0. The Morgan fingerprint density at radius 2 is 1.71 bits per heavy atom. The number of primary sulfonamides is 1. The van der Waals surface area contributed by atoms with Gasteiger partial charge in [-0.2, -0.15) is 0 Å². The fourth-order valence-corrected chi connectivity index (χ4v) is 2.63. The van der Waals surface area contributed by atoms with E-state index < -0.39 is 10.0 Å². The first-order valence-corrected chi connectivity index (χ1v) is 6.83. The van der Waals surface area contributed by atoms with Gasteiger partial charge in [0.25, 0.3) is 0 Å². The zero-order chi connectivity index (χ0) is 13.2. The van der Waals surface area contributed by atoms with Gasteiger partial charge in [0, 0.05) is 13.1 Å². The second-order valence-corrected chi connectivity index (χ2v) is 5.13. The summed E-state index contributed by atoms with van der Waals surface area (Å²) in [7, 11) is -3.90. The van der Waals surface area contributed by atoms with E-state index in [1.165, 1.54) is 0 Å². The number of nitrogen functional groups attached to an aromatic ring is 2. The lowest BCUT2D eigenvalue weighted by Crippen LogP contribution is -2.26. The average Bonchev–Trinajstić information content (AvgIpc) is 2.23. The first-order valence-electron chi connectivity index (χ1n) is 5.28. The Labute approximate surface area is 101 Å². The predicted molar refractivity (Wildman–Crippen MR) is 70.2 cm³/mol. The van der Waals surface area contributed by atoms with Crippen molar-refractivity contribution >= 4 is 27.1 Å². The Hall–Kier alpha value is -1.47. The Bertz CT molecular complexity index is 509. The van der Waals surface area contributed by atoms with Crippen molar-refractivity contribution in [3.8, 4) is 0 Å². The zero-order valence-electron chi connectivity index (χ0n) is 9.97. The second kappa shape index (κ2) is 4.80. The summed E-state index contributed by atoms with van der Waals surface area (Å²) in [6.45, 7) is 5.15. The quantitative estimate of drug-likeness (QED) is 0.674. The van der Waals surface area contributed by atoms with Crippen LogP contribution >= 0.6 is 0 Å². The van der Waals surface area contributed by atoms with E-state index in [2.05, 4.69) is 0 Å². The maximum absolute atomic E-state index is 11.6. The van der Waals surface area contributed by atoms with Gasteiger partial charge in [-0.05, 0) is 26.0 Å². The molecule has 1 aromatic carbocycles. The summed E-state index contributed by atoms with van der Waals surface area (Å²) in [4.78, 5) is 1.76. The van der Waals surface area contributed by atoms with Gasteiger partial charge in [0.05, 0.1) is 17.1 Å². The van der Waals surface area contributed by atoms with E-state index in [4.69, 9.17) is 16.6 Å². The fourth-order valence-electron chi connectivity index (χ4n) is 1.72. The number of benzene rings is 1. The number of anilines is 3. The number of hydrogen-bond donors (Lipinski definition) is 3. The monoisotopic (exact) mass is 258 g/mol. The van der Waals surface area contributed by atoms with Crippen LogP contribution in [0.25, 0.3) is 0 Å². The zero-order valence-corrected chi connectivity index (χ0v) is 10.8. The van der Waals surface area contributed by atoms with Gasteiger partial charge in [-0.3, -0.25) is 0 Å². The highest BCUT2D eigenvalue weighted by Crippen LogP contribution is 2.33. The van der Waals surface area contributed by atoms with Gasteiger partial charge in [-0.15, -0.1) is 0 Å². The van der Waals surface area contributed by atoms with Crippen LogP contribution in [0.4, 0.5) is 17.1 Å². The van der Waals surface area contributed by atoms with Gasteiger partial charge >= 0.3 is 0 Å². The molecule has 0 unspecified atom stereocenters. The van der Waals surface area contributed by atoms with Crippen molar-refractivity contribution in [3.05, 3.63) is 12.1 Å². The summed E-state index contributed by atoms with van der Waals surface area (Å²) in [6, 6.07) is 3.20. The second-order valence-electron chi connectivity index (χ2n) is 3.63. The van der Waals surface area contributed by atoms with E-state index in [-0.39, 0.29) is 16.3 Å². The summed E-state index contributed by atoms with van der Waals surface area (Å²) in [6.07, 6.45) is 0.